The molecule has 0 aliphatic heterocycles. The van der Waals surface area contributed by atoms with E-state index in [-0.39, 0.29) is 5.78 Å². The second kappa shape index (κ2) is 3.44. The van der Waals surface area contributed by atoms with Gasteiger partial charge in [-0.05, 0) is 28.1 Å². The third-order valence-corrected chi connectivity index (χ3v) is 6.03. The highest BCUT2D eigenvalue weighted by Gasteiger charge is 2.37. The normalized spacial score (nSPS) is 22.7. The number of allylic oxidation sites excluding steroid dienone is 4. The maximum absolute atomic E-state index is 11.2. The fourth-order valence-electron chi connectivity index (χ4n) is 0.585. The minimum absolute atomic E-state index is 0.0347. The van der Waals surface area contributed by atoms with Crippen LogP contribution in [0.25, 0.3) is 0 Å². The van der Waals surface area contributed by atoms with Crippen LogP contribution in [0.3, 0.4) is 0 Å². The summed E-state index contributed by atoms with van der Waals surface area (Å²) in [6.45, 7) is 0. The molecule has 1 aliphatic carbocycles. The van der Waals surface area contributed by atoms with Crippen LogP contribution in [0.15, 0.2) is 21.1 Å². The van der Waals surface area contributed by atoms with Gasteiger partial charge in [-0.1, -0.05) is 47.8 Å². The Bertz CT molecular complexity index is 264. The highest BCUT2D eigenvalue weighted by Crippen LogP contribution is 2.44. The van der Waals surface area contributed by atoms with Crippen LogP contribution in [0.4, 0.5) is 0 Å². The van der Waals surface area contributed by atoms with E-state index < -0.39 is 3.23 Å². The highest BCUT2D eigenvalue weighted by atomic mass is 79.9. The van der Waals surface area contributed by atoms with E-state index in [0.29, 0.717) is 0 Å². The third-order valence-electron chi connectivity index (χ3n) is 1.18. The quantitative estimate of drug-likeness (QED) is 0.559. The van der Waals surface area contributed by atoms with Crippen molar-refractivity contribution in [2.24, 2.45) is 0 Å². The summed E-state index contributed by atoms with van der Waals surface area (Å²) >= 11 is 13.1. The maximum atomic E-state index is 11.2. The van der Waals surface area contributed by atoms with Crippen molar-refractivity contribution in [2.45, 2.75) is 3.23 Å². The van der Waals surface area contributed by atoms with Gasteiger partial charge in [-0.3, -0.25) is 4.79 Å². The van der Waals surface area contributed by atoms with E-state index in [1.807, 2.05) is 0 Å². The van der Waals surface area contributed by atoms with E-state index in [1.165, 1.54) is 6.08 Å². The number of carbonyl (C=O) groups is 1. The second-order valence-electron chi connectivity index (χ2n) is 1.93. The van der Waals surface area contributed by atoms with Gasteiger partial charge in [0.2, 0.25) is 0 Å². The van der Waals surface area contributed by atoms with E-state index >= 15 is 0 Å². The second-order valence-corrected chi connectivity index (χ2v) is 7.02. The fraction of sp³-hybridized carbons (Fsp3) is 0.167. The summed E-state index contributed by atoms with van der Waals surface area (Å²) in [7, 11) is 0. The van der Waals surface area contributed by atoms with E-state index in [1.54, 1.807) is 6.08 Å². The maximum Gasteiger partial charge on any atom is 0.188 e. The van der Waals surface area contributed by atoms with Gasteiger partial charge < -0.3 is 0 Å². The van der Waals surface area contributed by atoms with Crippen molar-refractivity contribution in [3.05, 3.63) is 21.1 Å². The molecule has 0 radical (unpaired) electrons. The number of alkyl halides is 2. The Kier molecular flexibility index (Phi) is 3.17. The van der Waals surface area contributed by atoms with Crippen LogP contribution in [0, 0.1) is 0 Å². The topological polar surface area (TPSA) is 17.1 Å². The predicted molar refractivity (Wildman–Crippen MR) is 59.6 cm³/mol. The minimum Gasteiger partial charge on any atom is -0.292 e. The lowest BCUT2D eigenvalue weighted by Crippen LogP contribution is -2.25. The smallest absolute Gasteiger partial charge is 0.188 e. The summed E-state index contributed by atoms with van der Waals surface area (Å²) in [5, 5.41) is 0. The zero-order chi connectivity index (χ0) is 8.65. The van der Waals surface area contributed by atoms with Crippen molar-refractivity contribution < 1.29 is 4.79 Å². The number of rotatable bonds is 0. The van der Waals surface area contributed by atoms with Gasteiger partial charge in [0, 0.05) is 8.96 Å². The lowest BCUT2D eigenvalue weighted by atomic mass is 10.2. The van der Waals surface area contributed by atoms with E-state index in [0.717, 1.165) is 8.96 Å². The highest BCUT2D eigenvalue weighted by molar-refractivity contribution is 9.27. The van der Waals surface area contributed by atoms with Crippen LogP contribution in [0.5, 0.6) is 0 Å². The molecule has 1 rings (SSSR count). The molecule has 0 heterocycles. The Morgan fingerprint density at radius 3 is 2.18 bits per heavy atom. The molecule has 0 saturated heterocycles. The van der Waals surface area contributed by atoms with Gasteiger partial charge in [0.1, 0.15) is 0 Å². The summed E-state index contributed by atoms with van der Waals surface area (Å²) in [4.78, 5) is 11.2. The number of halogens is 4. The molecule has 60 valence electrons. The van der Waals surface area contributed by atoms with Crippen LogP contribution < -0.4 is 0 Å². The van der Waals surface area contributed by atoms with Gasteiger partial charge in [0.05, 0.1) is 0 Å². The summed E-state index contributed by atoms with van der Waals surface area (Å²) in [5.74, 6) is -0.0347. The monoisotopic (exact) mass is 406 g/mol. The average Bonchev–Trinajstić information content (AvgIpc) is 1.95. The number of ketones is 1. The number of carbonyl (C=O) groups excluding carboxylic acids is 1. The first-order chi connectivity index (χ1) is 4.96. The van der Waals surface area contributed by atoms with Gasteiger partial charge in [0.15, 0.2) is 9.02 Å². The standard InChI is InChI=1S/C6H2Br4O/c7-3-1-2-4(11)6(9,10)5(3)8/h1-2H. The van der Waals surface area contributed by atoms with Gasteiger partial charge in [-0.2, -0.15) is 0 Å². The molecule has 0 N–H and O–H groups in total. The van der Waals surface area contributed by atoms with Gasteiger partial charge in [0.25, 0.3) is 0 Å². The molecular formula is C6H2Br4O. The van der Waals surface area contributed by atoms with Gasteiger partial charge >= 0.3 is 0 Å². The molecule has 0 aromatic rings. The lowest BCUT2D eigenvalue weighted by Gasteiger charge is -2.20. The molecule has 0 spiro atoms. The first-order valence-corrected chi connectivity index (χ1v) is 5.79. The Morgan fingerprint density at radius 1 is 1.18 bits per heavy atom. The zero-order valence-corrected chi connectivity index (χ0v) is 11.4. The third kappa shape index (κ3) is 1.87. The van der Waals surface area contributed by atoms with E-state index in [4.69, 9.17) is 0 Å². The summed E-state index contributed by atoms with van der Waals surface area (Å²) < 4.78 is 0.816. The number of hydrogen-bond acceptors (Lipinski definition) is 1. The molecule has 0 aromatic heterocycles. The Morgan fingerprint density at radius 2 is 1.73 bits per heavy atom. The molecule has 5 heteroatoms. The summed E-state index contributed by atoms with van der Waals surface area (Å²) in [6.07, 6.45) is 3.20. The summed E-state index contributed by atoms with van der Waals surface area (Å²) in [6, 6.07) is 0. The van der Waals surface area contributed by atoms with E-state index in [9.17, 15) is 4.79 Å². The number of hydrogen-bond donors (Lipinski definition) is 0. The minimum atomic E-state index is -0.784. The van der Waals surface area contributed by atoms with Crippen LogP contribution in [-0.4, -0.2) is 9.02 Å². The van der Waals surface area contributed by atoms with Crippen molar-refractivity contribution in [1.29, 1.82) is 0 Å². The van der Waals surface area contributed by atoms with Crippen LogP contribution >= 0.6 is 63.7 Å². The van der Waals surface area contributed by atoms with Crippen LogP contribution in [-0.2, 0) is 4.79 Å². The Balaban J connectivity index is 3.17. The van der Waals surface area contributed by atoms with Crippen molar-refractivity contribution in [1.82, 2.24) is 0 Å². The SMILES string of the molecule is O=C1C=CC(Br)=C(Br)C1(Br)Br. The molecule has 0 atom stereocenters. The van der Waals surface area contributed by atoms with E-state index in [2.05, 4.69) is 63.7 Å². The largest absolute Gasteiger partial charge is 0.292 e. The van der Waals surface area contributed by atoms with Crippen molar-refractivity contribution in [2.75, 3.05) is 0 Å². The molecule has 1 nitrogen and oxygen atoms in total. The first-order valence-electron chi connectivity index (χ1n) is 2.62. The first kappa shape index (κ1) is 10.2. The molecule has 0 aromatic carbocycles. The molecule has 11 heavy (non-hydrogen) atoms. The van der Waals surface area contributed by atoms with Crippen molar-refractivity contribution in [3.63, 3.8) is 0 Å². The zero-order valence-electron chi connectivity index (χ0n) is 5.07. The molecule has 0 unspecified atom stereocenters. The van der Waals surface area contributed by atoms with Crippen molar-refractivity contribution >= 4 is 69.5 Å². The van der Waals surface area contributed by atoms with Gasteiger partial charge in [-0.15, -0.1) is 0 Å². The molecule has 1 aliphatic rings. The molecule has 0 bridgehead atoms. The Hall–Kier alpha value is 1.07. The van der Waals surface area contributed by atoms with Crippen LogP contribution in [0.2, 0.25) is 0 Å². The average molecular weight is 410 g/mol. The molecular weight excluding hydrogens is 408 g/mol. The van der Waals surface area contributed by atoms with Gasteiger partial charge in [-0.25, -0.2) is 0 Å². The molecule has 0 fully saturated rings. The predicted octanol–water partition coefficient (Wildman–Crippen LogP) is 3.61. The Labute approximate surface area is 97.8 Å². The fourth-order valence-corrected chi connectivity index (χ4v) is 2.57. The molecule has 0 saturated carbocycles. The van der Waals surface area contributed by atoms with Crippen molar-refractivity contribution in [3.8, 4) is 0 Å². The molecule has 0 amide bonds. The summed E-state index contributed by atoms with van der Waals surface area (Å²) in [5.41, 5.74) is 0. The lowest BCUT2D eigenvalue weighted by molar-refractivity contribution is -0.113. The van der Waals surface area contributed by atoms with Crippen LogP contribution in [0.1, 0.15) is 0 Å².